The van der Waals surface area contributed by atoms with Crippen molar-refractivity contribution >= 4 is 0 Å². The van der Waals surface area contributed by atoms with Gasteiger partial charge in [-0.3, -0.25) is 0 Å². The summed E-state index contributed by atoms with van der Waals surface area (Å²) in [5.74, 6) is 1.11. The number of benzene rings is 1. The van der Waals surface area contributed by atoms with E-state index in [2.05, 4.69) is 46.3 Å². The topological polar surface area (TPSA) is 27.7 Å². The average molecular weight is 344 g/mol. The molecule has 1 N–H and O–H groups in total. The van der Waals surface area contributed by atoms with Crippen molar-refractivity contribution in [3.8, 4) is 5.75 Å². The second-order valence-electron chi connectivity index (χ2n) is 8.02. The Morgan fingerprint density at radius 2 is 1.88 bits per heavy atom. The summed E-state index contributed by atoms with van der Waals surface area (Å²) in [6.07, 6.45) is 6.14. The number of nitrogens with one attached hydrogen (secondary N) is 1. The molecule has 0 aromatic heterocycles. The maximum Gasteiger partial charge on any atom is 0.124 e. The van der Waals surface area contributed by atoms with E-state index in [1.54, 1.807) is 0 Å². The molecule has 1 spiro atoms. The number of fused-ring (bicyclic) bond motifs is 1. The lowest BCUT2D eigenvalue weighted by Crippen LogP contribution is -2.49. The van der Waals surface area contributed by atoms with Gasteiger partial charge >= 0.3 is 0 Å². The standard InChI is InChI=1S/C21H33N3O/c1-2-23-13-15-24(16-14-23)12-6-11-22-19-17-21(9-5-10-21)25-20-8-4-3-7-18(19)20/h3-4,7-8,19,22H,2,5-6,9-17H2,1H3. The predicted octanol–water partition coefficient (Wildman–Crippen LogP) is 3.05. The van der Waals surface area contributed by atoms with Crippen molar-refractivity contribution in [3.63, 3.8) is 0 Å². The summed E-state index contributed by atoms with van der Waals surface area (Å²) in [5, 5.41) is 3.84. The quantitative estimate of drug-likeness (QED) is 0.804. The SMILES string of the molecule is CCN1CCN(CCCNC2CC3(CCC3)Oc3ccccc32)CC1. The highest BCUT2D eigenvalue weighted by atomic mass is 16.5. The van der Waals surface area contributed by atoms with Gasteiger partial charge in [0.1, 0.15) is 11.4 Å². The van der Waals surface area contributed by atoms with Gasteiger partial charge in [-0.2, -0.15) is 0 Å². The smallest absolute Gasteiger partial charge is 0.124 e. The minimum absolute atomic E-state index is 0.127. The third-order valence-corrected chi connectivity index (χ3v) is 6.42. The fourth-order valence-corrected chi connectivity index (χ4v) is 4.59. The molecule has 1 saturated carbocycles. The third-order valence-electron chi connectivity index (χ3n) is 6.42. The monoisotopic (exact) mass is 343 g/mol. The minimum atomic E-state index is 0.127. The fraction of sp³-hybridized carbons (Fsp3) is 0.714. The van der Waals surface area contributed by atoms with Crippen molar-refractivity contribution in [2.75, 3.05) is 45.8 Å². The van der Waals surface area contributed by atoms with Crippen LogP contribution in [0.4, 0.5) is 0 Å². The molecule has 4 nitrogen and oxygen atoms in total. The Kier molecular flexibility index (Phi) is 5.30. The predicted molar refractivity (Wildman–Crippen MR) is 102 cm³/mol. The minimum Gasteiger partial charge on any atom is -0.487 e. The normalized spacial score (nSPS) is 26.0. The van der Waals surface area contributed by atoms with Gasteiger partial charge in [-0.1, -0.05) is 25.1 Å². The third kappa shape index (κ3) is 3.86. The zero-order chi connectivity index (χ0) is 17.1. The van der Waals surface area contributed by atoms with Crippen LogP contribution in [0.2, 0.25) is 0 Å². The number of para-hydroxylation sites is 1. The Balaban J connectivity index is 1.26. The van der Waals surface area contributed by atoms with Crippen molar-refractivity contribution in [1.82, 2.24) is 15.1 Å². The Bertz CT molecular complexity index is 564. The second-order valence-corrected chi connectivity index (χ2v) is 8.02. The zero-order valence-corrected chi connectivity index (χ0v) is 15.7. The van der Waals surface area contributed by atoms with Crippen LogP contribution in [0.25, 0.3) is 0 Å². The van der Waals surface area contributed by atoms with Crippen LogP contribution in [0.5, 0.6) is 5.75 Å². The molecule has 4 rings (SSSR count). The molecule has 2 fully saturated rings. The lowest BCUT2D eigenvalue weighted by molar-refractivity contribution is -0.0369. The molecule has 1 aromatic rings. The molecule has 1 unspecified atom stereocenters. The van der Waals surface area contributed by atoms with Crippen LogP contribution in [0.1, 0.15) is 50.6 Å². The van der Waals surface area contributed by atoms with Crippen LogP contribution in [0.3, 0.4) is 0 Å². The highest BCUT2D eigenvalue weighted by molar-refractivity contribution is 5.39. The first-order chi connectivity index (χ1) is 12.3. The molecule has 0 bridgehead atoms. The Morgan fingerprint density at radius 3 is 2.60 bits per heavy atom. The number of nitrogens with zero attached hydrogens (tertiary/aromatic N) is 2. The molecular formula is C21H33N3O. The van der Waals surface area contributed by atoms with Crippen molar-refractivity contribution in [3.05, 3.63) is 29.8 Å². The Hall–Kier alpha value is -1.10. The molecule has 3 aliphatic rings. The van der Waals surface area contributed by atoms with Gasteiger partial charge in [0, 0.05) is 44.2 Å². The van der Waals surface area contributed by atoms with Gasteiger partial charge in [-0.05, 0) is 51.4 Å². The van der Waals surface area contributed by atoms with E-state index in [4.69, 9.17) is 4.74 Å². The maximum atomic E-state index is 6.35. The van der Waals surface area contributed by atoms with Gasteiger partial charge in [0.15, 0.2) is 0 Å². The van der Waals surface area contributed by atoms with Crippen molar-refractivity contribution in [2.24, 2.45) is 0 Å². The molecule has 1 aromatic carbocycles. The number of rotatable bonds is 6. The highest BCUT2D eigenvalue weighted by Gasteiger charge is 2.45. The van der Waals surface area contributed by atoms with E-state index >= 15 is 0 Å². The van der Waals surface area contributed by atoms with E-state index in [0.717, 1.165) is 18.7 Å². The van der Waals surface area contributed by atoms with Crippen LogP contribution < -0.4 is 10.1 Å². The van der Waals surface area contributed by atoms with Crippen molar-refractivity contribution in [2.45, 2.75) is 50.7 Å². The van der Waals surface area contributed by atoms with Gasteiger partial charge in [0.2, 0.25) is 0 Å². The van der Waals surface area contributed by atoms with Gasteiger partial charge < -0.3 is 19.9 Å². The number of piperazine rings is 1. The summed E-state index contributed by atoms with van der Waals surface area (Å²) in [7, 11) is 0. The first kappa shape index (κ1) is 17.3. The summed E-state index contributed by atoms with van der Waals surface area (Å²) in [6.45, 7) is 10.7. The Labute approximate surface area is 152 Å². The summed E-state index contributed by atoms with van der Waals surface area (Å²) in [6, 6.07) is 9.09. The van der Waals surface area contributed by atoms with Gasteiger partial charge in [0.25, 0.3) is 0 Å². The molecule has 2 heterocycles. The Morgan fingerprint density at radius 1 is 1.12 bits per heavy atom. The van der Waals surface area contributed by atoms with Crippen molar-refractivity contribution < 1.29 is 4.74 Å². The van der Waals surface area contributed by atoms with Crippen LogP contribution >= 0.6 is 0 Å². The molecule has 2 aliphatic heterocycles. The molecule has 4 heteroatoms. The molecule has 25 heavy (non-hydrogen) atoms. The van der Waals surface area contributed by atoms with Crippen molar-refractivity contribution in [1.29, 1.82) is 0 Å². The summed E-state index contributed by atoms with van der Waals surface area (Å²) >= 11 is 0. The van der Waals surface area contributed by atoms with E-state index in [0.29, 0.717) is 6.04 Å². The van der Waals surface area contributed by atoms with Gasteiger partial charge in [0.05, 0.1) is 0 Å². The van der Waals surface area contributed by atoms with Gasteiger partial charge in [-0.25, -0.2) is 0 Å². The molecule has 1 atom stereocenters. The van der Waals surface area contributed by atoms with Crippen LogP contribution in [0, 0.1) is 0 Å². The second kappa shape index (κ2) is 7.65. The molecule has 1 saturated heterocycles. The summed E-state index contributed by atoms with van der Waals surface area (Å²) in [5.41, 5.74) is 1.49. The highest BCUT2D eigenvalue weighted by Crippen LogP contribution is 2.48. The lowest BCUT2D eigenvalue weighted by atomic mass is 9.73. The largest absolute Gasteiger partial charge is 0.487 e. The van der Waals surface area contributed by atoms with Crippen LogP contribution in [-0.2, 0) is 0 Å². The summed E-state index contributed by atoms with van der Waals surface area (Å²) in [4.78, 5) is 5.17. The average Bonchev–Trinajstić information content (AvgIpc) is 2.64. The number of likely N-dealkylation sites (N-methyl/N-ethyl adjacent to an activating group) is 1. The fourth-order valence-electron chi connectivity index (χ4n) is 4.59. The van der Waals surface area contributed by atoms with Crippen LogP contribution in [-0.4, -0.2) is 61.2 Å². The molecule has 138 valence electrons. The number of ether oxygens (including phenoxy) is 1. The van der Waals surface area contributed by atoms with Crippen LogP contribution in [0.15, 0.2) is 24.3 Å². The van der Waals surface area contributed by atoms with E-state index < -0.39 is 0 Å². The molecule has 1 aliphatic carbocycles. The molecular weight excluding hydrogens is 310 g/mol. The molecule has 0 amide bonds. The number of hydrogen-bond donors (Lipinski definition) is 1. The first-order valence-corrected chi connectivity index (χ1v) is 10.2. The van der Waals surface area contributed by atoms with E-state index in [1.165, 1.54) is 70.5 Å². The summed E-state index contributed by atoms with van der Waals surface area (Å²) < 4.78 is 6.35. The first-order valence-electron chi connectivity index (χ1n) is 10.2. The lowest BCUT2D eigenvalue weighted by Gasteiger charge is -2.48. The van der Waals surface area contributed by atoms with E-state index in [-0.39, 0.29) is 5.60 Å². The van der Waals surface area contributed by atoms with E-state index in [9.17, 15) is 0 Å². The maximum absolute atomic E-state index is 6.35. The number of hydrogen-bond acceptors (Lipinski definition) is 4. The van der Waals surface area contributed by atoms with Gasteiger partial charge in [-0.15, -0.1) is 0 Å². The van der Waals surface area contributed by atoms with E-state index in [1.807, 2.05) is 0 Å². The molecule has 0 radical (unpaired) electrons. The zero-order valence-electron chi connectivity index (χ0n) is 15.7.